The van der Waals surface area contributed by atoms with Gasteiger partial charge in [0.15, 0.2) is 5.76 Å². The molecule has 0 atom stereocenters. The molecule has 3 aromatic heterocycles. The van der Waals surface area contributed by atoms with Gasteiger partial charge in [-0.2, -0.15) is 0 Å². The summed E-state index contributed by atoms with van der Waals surface area (Å²) in [5.41, 5.74) is 8.44. The lowest BCUT2D eigenvalue weighted by atomic mass is 10.0. The molecular formula is C17H18N6O. The number of nitrogens with zero attached hydrogens (tertiary/aromatic N) is 3. The fraction of sp³-hybridized carbons (Fsp3) is 0.176. The second kappa shape index (κ2) is 6.49. The molecule has 0 aliphatic heterocycles. The molecule has 0 spiro atoms. The van der Waals surface area contributed by atoms with Crippen LogP contribution in [-0.4, -0.2) is 27.2 Å². The number of rotatable bonds is 5. The Kier molecular flexibility index (Phi) is 4.24. The van der Waals surface area contributed by atoms with Crippen molar-refractivity contribution in [3.05, 3.63) is 42.3 Å². The molecule has 24 heavy (non-hydrogen) atoms. The van der Waals surface area contributed by atoms with Gasteiger partial charge in [0, 0.05) is 29.6 Å². The van der Waals surface area contributed by atoms with Crippen molar-refractivity contribution >= 4 is 18.0 Å². The lowest BCUT2D eigenvalue weighted by Crippen LogP contribution is -2.12. The molecule has 7 nitrogen and oxygen atoms in total. The molecule has 0 aliphatic carbocycles. The summed E-state index contributed by atoms with van der Waals surface area (Å²) in [5, 5.41) is 10.7. The Bertz CT molecular complexity index is 858. The van der Waals surface area contributed by atoms with E-state index in [4.69, 9.17) is 15.6 Å². The van der Waals surface area contributed by atoms with Crippen molar-refractivity contribution in [2.24, 2.45) is 0 Å². The average Bonchev–Trinajstić information content (AvgIpc) is 3.08. The molecule has 0 radical (unpaired) electrons. The van der Waals surface area contributed by atoms with Crippen molar-refractivity contribution in [2.75, 3.05) is 11.1 Å². The molecular weight excluding hydrogens is 304 g/mol. The van der Waals surface area contributed by atoms with Crippen LogP contribution in [0.15, 0.2) is 41.1 Å². The summed E-state index contributed by atoms with van der Waals surface area (Å²) in [6, 6.07) is 7.39. The van der Waals surface area contributed by atoms with E-state index in [1.165, 1.54) is 6.21 Å². The molecule has 0 aliphatic rings. The predicted octanol–water partition coefficient (Wildman–Crippen LogP) is 3.20. The van der Waals surface area contributed by atoms with Gasteiger partial charge in [0.25, 0.3) is 0 Å². The van der Waals surface area contributed by atoms with Gasteiger partial charge in [-0.05, 0) is 38.1 Å². The Morgan fingerprint density at radius 3 is 2.79 bits per heavy atom. The van der Waals surface area contributed by atoms with Crippen molar-refractivity contribution in [3.8, 4) is 22.7 Å². The van der Waals surface area contributed by atoms with E-state index in [-0.39, 0.29) is 11.9 Å². The highest BCUT2D eigenvalue weighted by atomic mass is 16.3. The topological polar surface area (TPSA) is 114 Å². The Balaban J connectivity index is 2.17. The monoisotopic (exact) mass is 322 g/mol. The van der Waals surface area contributed by atoms with Crippen LogP contribution in [0.3, 0.4) is 0 Å². The number of hydrogen-bond donors (Lipinski definition) is 3. The number of nitrogen functional groups attached to an aromatic ring is 1. The minimum atomic E-state index is 0.214. The van der Waals surface area contributed by atoms with Crippen LogP contribution in [0.25, 0.3) is 22.7 Å². The average molecular weight is 322 g/mol. The highest BCUT2D eigenvalue weighted by Gasteiger charge is 2.16. The maximum atomic E-state index is 7.51. The molecule has 7 heteroatoms. The highest BCUT2D eigenvalue weighted by Crippen LogP contribution is 2.32. The first-order valence-electron chi connectivity index (χ1n) is 7.53. The van der Waals surface area contributed by atoms with E-state index in [9.17, 15) is 0 Å². The Labute approximate surface area is 139 Å². The van der Waals surface area contributed by atoms with Crippen LogP contribution < -0.4 is 11.1 Å². The summed E-state index contributed by atoms with van der Waals surface area (Å²) in [7, 11) is 0. The van der Waals surface area contributed by atoms with Crippen LogP contribution in [0.1, 0.15) is 19.4 Å². The minimum absolute atomic E-state index is 0.214. The third-order valence-corrected chi connectivity index (χ3v) is 3.34. The van der Waals surface area contributed by atoms with Crippen molar-refractivity contribution in [3.63, 3.8) is 0 Å². The van der Waals surface area contributed by atoms with Gasteiger partial charge in [0.05, 0.1) is 12.0 Å². The first-order valence-corrected chi connectivity index (χ1v) is 7.53. The van der Waals surface area contributed by atoms with Crippen LogP contribution in [0.5, 0.6) is 0 Å². The molecule has 0 fully saturated rings. The van der Waals surface area contributed by atoms with E-state index >= 15 is 0 Å². The fourth-order valence-corrected chi connectivity index (χ4v) is 2.29. The maximum absolute atomic E-state index is 7.51. The van der Waals surface area contributed by atoms with Crippen molar-refractivity contribution in [1.82, 2.24) is 15.0 Å². The van der Waals surface area contributed by atoms with Gasteiger partial charge >= 0.3 is 0 Å². The van der Waals surface area contributed by atoms with E-state index in [0.717, 1.165) is 5.56 Å². The summed E-state index contributed by atoms with van der Waals surface area (Å²) < 4.78 is 5.47. The largest absolute Gasteiger partial charge is 0.463 e. The van der Waals surface area contributed by atoms with E-state index in [2.05, 4.69) is 20.3 Å². The summed E-state index contributed by atoms with van der Waals surface area (Å²) in [6.45, 7) is 4.03. The van der Waals surface area contributed by atoms with Crippen LogP contribution in [0.4, 0.5) is 11.8 Å². The maximum Gasteiger partial charge on any atom is 0.223 e. The molecule has 0 bridgehead atoms. The van der Waals surface area contributed by atoms with Gasteiger partial charge < -0.3 is 20.9 Å². The normalized spacial score (nSPS) is 10.8. The minimum Gasteiger partial charge on any atom is -0.463 e. The van der Waals surface area contributed by atoms with Crippen molar-refractivity contribution in [2.45, 2.75) is 19.9 Å². The zero-order chi connectivity index (χ0) is 17.1. The molecule has 0 aromatic carbocycles. The first-order chi connectivity index (χ1) is 11.6. The molecule has 0 unspecified atom stereocenters. The van der Waals surface area contributed by atoms with Gasteiger partial charge in [-0.25, -0.2) is 15.0 Å². The molecule has 3 aromatic rings. The fourth-order valence-electron chi connectivity index (χ4n) is 2.29. The van der Waals surface area contributed by atoms with Crippen LogP contribution >= 0.6 is 0 Å². The van der Waals surface area contributed by atoms with E-state index in [1.807, 2.05) is 19.9 Å². The van der Waals surface area contributed by atoms with Gasteiger partial charge in [-0.3, -0.25) is 0 Å². The zero-order valence-electron chi connectivity index (χ0n) is 13.4. The highest BCUT2D eigenvalue weighted by molar-refractivity contribution is 5.89. The second-order valence-corrected chi connectivity index (χ2v) is 5.55. The summed E-state index contributed by atoms with van der Waals surface area (Å²) in [4.78, 5) is 13.2. The summed E-state index contributed by atoms with van der Waals surface area (Å²) >= 11 is 0. The number of nitrogens with two attached hydrogens (primary N) is 1. The van der Waals surface area contributed by atoms with E-state index < -0.39 is 0 Å². The molecule has 122 valence electrons. The number of aromatic nitrogens is 3. The lowest BCUT2D eigenvalue weighted by Gasteiger charge is -2.12. The quantitative estimate of drug-likeness (QED) is 0.622. The number of furan rings is 1. The Morgan fingerprint density at radius 1 is 1.29 bits per heavy atom. The summed E-state index contributed by atoms with van der Waals surface area (Å²) in [5.74, 6) is 1.39. The van der Waals surface area contributed by atoms with Gasteiger partial charge in [-0.1, -0.05) is 0 Å². The standard InChI is InChI=1S/C17H18N6O/c1-10(2)21-17-20-6-5-13(22-17)12-8-11(9-18)16(19)23-15(12)14-4-3-7-24-14/h3-10,18H,1-2H3,(H2,19,23)(H,20,21,22). The zero-order valence-corrected chi connectivity index (χ0v) is 13.4. The number of nitrogens with one attached hydrogen (secondary N) is 2. The van der Waals surface area contributed by atoms with Crippen LogP contribution in [0, 0.1) is 5.41 Å². The van der Waals surface area contributed by atoms with E-state index in [1.54, 1.807) is 30.7 Å². The number of anilines is 2. The molecule has 3 rings (SSSR count). The SMILES string of the molecule is CC(C)Nc1nccc(-c2cc(C=N)c(N)nc2-c2ccco2)n1. The smallest absolute Gasteiger partial charge is 0.223 e. The van der Waals surface area contributed by atoms with Gasteiger partial charge in [0.1, 0.15) is 11.5 Å². The molecule has 3 heterocycles. The van der Waals surface area contributed by atoms with Crippen LogP contribution in [-0.2, 0) is 0 Å². The predicted molar refractivity (Wildman–Crippen MR) is 94.0 cm³/mol. The second-order valence-electron chi connectivity index (χ2n) is 5.55. The van der Waals surface area contributed by atoms with Crippen molar-refractivity contribution < 1.29 is 4.42 Å². The molecule has 0 amide bonds. The third-order valence-electron chi connectivity index (χ3n) is 3.34. The molecule has 0 saturated heterocycles. The van der Waals surface area contributed by atoms with Gasteiger partial charge in [-0.15, -0.1) is 0 Å². The Morgan fingerprint density at radius 2 is 2.12 bits per heavy atom. The number of hydrogen-bond acceptors (Lipinski definition) is 7. The third kappa shape index (κ3) is 3.10. The van der Waals surface area contributed by atoms with E-state index in [0.29, 0.717) is 28.7 Å². The first kappa shape index (κ1) is 15.7. The van der Waals surface area contributed by atoms with Crippen LogP contribution in [0.2, 0.25) is 0 Å². The number of pyridine rings is 1. The lowest BCUT2D eigenvalue weighted by molar-refractivity contribution is 0.580. The molecule has 0 saturated carbocycles. The molecule has 4 N–H and O–H groups in total. The van der Waals surface area contributed by atoms with Gasteiger partial charge in [0.2, 0.25) is 5.95 Å². The Hall–Kier alpha value is -3.22. The van der Waals surface area contributed by atoms with Crippen molar-refractivity contribution in [1.29, 1.82) is 5.41 Å². The summed E-state index contributed by atoms with van der Waals surface area (Å²) in [6.07, 6.45) is 4.43.